The van der Waals surface area contributed by atoms with E-state index in [9.17, 15) is 9.59 Å². The van der Waals surface area contributed by atoms with Gasteiger partial charge in [0.15, 0.2) is 0 Å². The first kappa shape index (κ1) is 16.4. The average molecular weight is 329 g/mol. The molecule has 3 amide bonds. The Morgan fingerprint density at radius 2 is 1.96 bits per heavy atom. The fourth-order valence-electron chi connectivity index (χ4n) is 3.07. The van der Waals surface area contributed by atoms with Crippen molar-refractivity contribution in [3.63, 3.8) is 0 Å². The zero-order chi connectivity index (χ0) is 17.3. The molecule has 3 rings (SSSR count). The van der Waals surface area contributed by atoms with E-state index in [4.69, 9.17) is 4.74 Å². The van der Waals surface area contributed by atoms with Crippen LogP contribution in [0.4, 0.5) is 4.79 Å². The molecule has 128 valence electrons. The van der Waals surface area contributed by atoms with Crippen LogP contribution in [0, 0.1) is 5.92 Å². The molecular formula is C18H23N3O3. The van der Waals surface area contributed by atoms with Crippen LogP contribution in [0.2, 0.25) is 0 Å². The van der Waals surface area contributed by atoms with Crippen LogP contribution >= 0.6 is 0 Å². The van der Waals surface area contributed by atoms with Gasteiger partial charge in [0.25, 0.3) is 5.91 Å². The molecule has 1 atom stereocenters. The molecule has 0 saturated heterocycles. The SMILES string of the molecule is COc1ccc(C2NC(=O)NC3=C2C(=O)N(CCC(C)C)C3)cc1. The summed E-state index contributed by atoms with van der Waals surface area (Å²) in [5.74, 6) is 1.27. The van der Waals surface area contributed by atoms with Crippen LogP contribution in [0.15, 0.2) is 35.5 Å². The zero-order valence-corrected chi connectivity index (χ0v) is 14.3. The van der Waals surface area contributed by atoms with Crippen molar-refractivity contribution in [3.05, 3.63) is 41.1 Å². The number of hydrogen-bond acceptors (Lipinski definition) is 3. The van der Waals surface area contributed by atoms with E-state index in [0.29, 0.717) is 30.3 Å². The van der Waals surface area contributed by atoms with Gasteiger partial charge < -0.3 is 20.3 Å². The molecule has 1 aromatic carbocycles. The van der Waals surface area contributed by atoms with Gasteiger partial charge in [0.05, 0.1) is 31.0 Å². The third kappa shape index (κ3) is 3.09. The topological polar surface area (TPSA) is 70.7 Å². The minimum atomic E-state index is -0.420. The molecule has 0 saturated carbocycles. The van der Waals surface area contributed by atoms with E-state index < -0.39 is 6.04 Å². The van der Waals surface area contributed by atoms with E-state index >= 15 is 0 Å². The maximum Gasteiger partial charge on any atom is 0.319 e. The molecule has 2 heterocycles. The summed E-state index contributed by atoms with van der Waals surface area (Å²) in [5, 5.41) is 5.65. The quantitative estimate of drug-likeness (QED) is 0.870. The third-order valence-corrected chi connectivity index (χ3v) is 4.45. The molecule has 1 aromatic rings. The Balaban J connectivity index is 1.85. The maximum atomic E-state index is 12.8. The van der Waals surface area contributed by atoms with Crippen molar-refractivity contribution >= 4 is 11.9 Å². The van der Waals surface area contributed by atoms with Crippen LogP contribution in [-0.4, -0.2) is 37.0 Å². The van der Waals surface area contributed by atoms with Crippen LogP contribution in [0.3, 0.4) is 0 Å². The van der Waals surface area contributed by atoms with Gasteiger partial charge in [-0.3, -0.25) is 4.79 Å². The Bertz CT molecular complexity index is 679. The summed E-state index contributed by atoms with van der Waals surface area (Å²) < 4.78 is 5.17. The maximum absolute atomic E-state index is 12.8. The molecule has 2 aliphatic rings. The van der Waals surface area contributed by atoms with Crippen molar-refractivity contribution in [2.75, 3.05) is 20.2 Å². The molecule has 0 bridgehead atoms. The first-order chi connectivity index (χ1) is 11.5. The second-order valence-corrected chi connectivity index (χ2v) is 6.61. The number of ether oxygens (including phenoxy) is 1. The molecule has 24 heavy (non-hydrogen) atoms. The molecule has 1 unspecified atom stereocenters. The van der Waals surface area contributed by atoms with Gasteiger partial charge in [-0.1, -0.05) is 26.0 Å². The van der Waals surface area contributed by atoms with Crippen LogP contribution in [0.25, 0.3) is 0 Å². The van der Waals surface area contributed by atoms with Gasteiger partial charge in [-0.2, -0.15) is 0 Å². The summed E-state index contributed by atoms with van der Waals surface area (Å²) in [6.07, 6.45) is 0.945. The van der Waals surface area contributed by atoms with E-state index in [2.05, 4.69) is 24.5 Å². The molecule has 0 spiro atoms. The molecule has 2 N–H and O–H groups in total. The summed E-state index contributed by atoms with van der Waals surface area (Å²) in [6.45, 7) is 5.45. The lowest BCUT2D eigenvalue weighted by molar-refractivity contribution is -0.125. The summed E-state index contributed by atoms with van der Waals surface area (Å²) >= 11 is 0. The summed E-state index contributed by atoms with van der Waals surface area (Å²) in [4.78, 5) is 26.6. The van der Waals surface area contributed by atoms with Gasteiger partial charge >= 0.3 is 6.03 Å². The number of nitrogens with zero attached hydrogens (tertiary/aromatic N) is 1. The highest BCUT2D eigenvalue weighted by molar-refractivity contribution is 6.01. The number of benzene rings is 1. The van der Waals surface area contributed by atoms with Crippen molar-refractivity contribution in [3.8, 4) is 5.75 Å². The monoisotopic (exact) mass is 329 g/mol. The van der Waals surface area contributed by atoms with Crippen molar-refractivity contribution in [2.24, 2.45) is 5.92 Å². The lowest BCUT2D eigenvalue weighted by Crippen LogP contribution is -2.44. The second kappa shape index (κ2) is 6.55. The molecule has 6 heteroatoms. The van der Waals surface area contributed by atoms with Crippen molar-refractivity contribution in [2.45, 2.75) is 26.3 Å². The fraction of sp³-hybridized carbons (Fsp3) is 0.444. The van der Waals surface area contributed by atoms with Crippen LogP contribution in [-0.2, 0) is 4.79 Å². The van der Waals surface area contributed by atoms with Crippen LogP contribution in [0.1, 0.15) is 31.9 Å². The van der Waals surface area contributed by atoms with Crippen LogP contribution < -0.4 is 15.4 Å². The highest BCUT2D eigenvalue weighted by atomic mass is 16.5. The first-order valence-corrected chi connectivity index (χ1v) is 8.23. The Hall–Kier alpha value is -2.50. The minimum Gasteiger partial charge on any atom is -0.497 e. The van der Waals surface area contributed by atoms with E-state index in [0.717, 1.165) is 17.7 Å². The summed E-state index contributed by atoms with van der Waals surface area (Å²) in [5.41, 5.74) is 2.23. The van der Waals surface area contributed by atoms with Crippen LogP contribution in [0.5, 0.6) is 5.75 Å². The molecule has 0 aromatic heterocycles. The molecule has 0 aliphatic carbocycles. The smallest absolute Gasteiger partial charge is 0.319 e. The van der Waals surface area contributed by atoms with Gasteiger partial charge in [0.1, 0.15) is 5.75 Å². The Morgan fingerprint density at radius 1 is 1.25 bits per heavy atom. The number of amides is 3. The lowest BCUT2D eigenvalue weighted by Gasteiger charge is -2.25. The fourth-order valence-corrected chi connectivity index (χ4v) is 3.07. The van der Waals surface area contributed by atoms with Gasteiger partial charge in [-0.05, 0) is 30.0 Å². The summed E-state index contributed by atoms with van der Waals surface area (Å²) in [7, 11) is 1.61. The van der Waals surface area contributed by atoms with Gasteiger partial charge in [-0.15, -0.1) is 0 Å². The average Bonchev–Trinajstić information content (AvgIpc) is 2.88. The largest absolute Gasteiger partial charge is 0.497 e. The predicted molar refractivity (Wildman–Crippen MR) is 90.5 cm³/mol. The minimum absolute atomic E-state index is 0.000956. The normalized spacial score (nSPS) is 20.2. The van der Waals surface area contributed by atoms with Crippen molar-refractivity contribution in [1.82, 2.24) is 15.5 Å². The van der Waals surface area contributed by atoms with Gasteiger partial charge in [0, 0.05) is 6.54 Å². The number of urea groups is 1. The van der Waals surface area contributed by atoms with Gasteiger partial charge in [0.2, 0.25) is 0 Å². The summed E-state index contributed by atoms with van der Waals surface area (Å²) in [6, 6.07) is 6.73. The standard InChI is InChI=1S/C18H23N3O3/c1-11(2)8-9-21-10-14-15(17(21)22)16(20-18(23)19-14)12-4-6-13(24-3)7-5-12/h4-7,11,16H,8-10H2,1-3H3,(H2,19,20,23). The van der Waals surface area contributed by atoms with E-state index in [1.165, 1.54) is 0 Å². The highest BCUT2D eigenvalue weighted by Crippen LogP contribution is 2.33. The number of rotatable bonds is 5. The zero-order valence-electron chi connectivity index (χ0n) is 14.3. The second-order valence-electron chi connectivity index (χ2n) is 6.61. The van der Waals surface area contributed by atoms with E-state index in [-0.39, 0.29) is 11.9 Å². The Kier molecular flexibility index (Phi) is 4.46. The number of hydrogen-bond donors (Lipinski definition) is 2. The van der Waals surface area contributed by atoms with Crippen molar-refractivity contribution in [1.29, 1.82) is 0 Å². The Labute approximate surface area is 141 Å². The third-order valence-electron chi connectivity index (χ3n) is 4.45. The van der Waals surface area contributed by atoms with E-state index in [1.54, 1.807) is 7.11 Å². The molecule has 0 radical (unpaired) electrons. The predicted octanol–water partition coefficient (Wildman–Crippen LogP) is 2.19. The molecule has 6 nitrogen and oxygen atoms in total. The Morgan fingerprint density at radius 3 is 2.58 bits per heavy atom. The number of carbonyl (C=O) groups excluding carboxylic acids is 2. The number of carbonyl (C=O) groups is 2. The molecule has 0 fully saturated rings. The highest BCUT2D eigenvalue weighted by Gasteiger charge is 2.40. The lowest BCUT2D eigenvalue weighted by atomic mass is 9.96. The van der Waals surface area contributed by atoms with E-state index in [1.807, 2.05) is 29.2 Å². The number of methoxy groups -OCH3 is 1. The van der Waals surface area contributed by atoms with Crippen molar-refractivity contribution < 1.29 is 14.3 Å². The van der Waals surface area contributed by atoms with Gasteiger partial charge in [-0.25, -0.2) is 4.79 Å². The molecular weight excluding hydrogens is 306 g/mol. The number of nitrogens with one attached hydrogen (secondary N) is 2. The first-order valence-electron chi connectivity index (χ1n) is 8.23. The molecule has 2 aliphatic heterocycles.